The van der Waals surface area contributed by atoms with Gasteiger partial charge in [-0.25, -0.2) is 10.1 Å². The van der Waals surface area contributed by atoms with E-state index in [1.54, 1.807) is 4.68 Å². The van der Waals surface area contributed by atoms with E-state index in [0.717, 1.165) is 29.4 Å². The molecule has 0 fully saturated rings. The average Bonchev–Trinajstić information content (AvgIpc) is 3.16. The summed E-state index contributed by atoms with van der Waals surface area (Å²) in [7, 11) is 0. The number of anilines is 2. The number of aromatic nitrogens is 2. The monoisotopic (exact) mass is 290 g/mol. The fourth-order valence-corrected chi connectivity index (χ4v) is 2.86. The van der Waals surface area contributed by atoms with Gasteiger partial charge in [0, 0.05) is 26.1 Å². The van der Waals surface area contributed by atoms with Crippen LogP contribution >= 0.6 is 0 Å². The molecule has 1 atom stereocenters. The Kier molecular flexibility index (Phi) is 2.76. The minimum atomic E-state index is -0.145. The summed E-state index contributed by atoms with van der Waals surface area (Å²) in [5.74, 6) is 2.50. The first kappa shape index (κ1) is 12.5. The SMILES string of the molecule is N=c1nc2c(c3n1NC(C1=CCCO1)N3)CNN2CCN. The molecule has 0 aliphatic carbocycles. The molecule has 1 aromatic rings. The Morgan fingerprint density at radius 1 is 1.52 bits per heavy atom. The second-order valence-corrected chi connectivity index (χ2v) is 5.15. The van der Waals surface area contributed by atoms with Crippen LogP contribution in [-0.2, 0) is 11.3 Å². The van der Waals surface area contributed by atoms with E-state index in [1.165, 1.54) is 0 Å². The Hall–Kier alpha value is -2.26. The third-order valence-corrected chi connectivity index (χ3v) is 3.81. The Bertz CT molecular complexity index is 666. The van der Waals surface area contributed by atoms with Crippen molar-refractivity contribution in [1.82, 2.24) is 15.1 Å². The van der Waals surface area contributed by atoms with Gasteiger partial charge in [-0.05, 0) is 6.08 Å². The van der Waals surface area contributed by atoms with E-state index in [9.17, 15) is 0 Å². The molecule has 0 aromatic carbocycles. The van der Waals surface area contributed by atoms with Crippen molar-refractivity contribution < 1.29 is 4.74 Å². The summed E-state index contributed by atoms with van der Waals surface area (Å²) in [6.45, 7) is 2.57. The van der Waals surface area contributed by atoms with Gasteiger partial charge in [0.15, 0.2) is 12.0 Å². The molecule has 4 heterocycles. The van der Waals surface area contributed by atoms with Gasteiger partial charge < -0.3 is 15.8 Å². The third-order valence-electron chi connectivity index (χ3n) is 3.81. The standard InChI is InChI=1S/C12H18N8O/c13-3-4-19-10-7(6-15-19)11-16-9(8-2-1-5-21-8)18-20(11)12(14)17-10/h2,9,14-16,18H,1,3-6,13H2. The van der Waals surface area contributed by atoms with E-state index >= 15 is 0 Å². The molecule has 0 radical (unpaired) electrons. The van der Waals surface area contributed by atoms with Crippen molar-refractivity contribution in [3.63, 3.8) is 0 Å². The molecule has 9 heteroatoms. The molecular formula is C12H18N8O. The van der Waals surface area contributed by atoms with Gasteiger partial charge in [0.2, 0.25) is 5.62 Å². The zero-order chi connectivity index (χ0) is 14.4. The Labute approximate surface area is 121 Å². The minimum Gasteiger partial charge on any atom is -0.494 e. The minimum absolute atomic E-state index is 0.145. The first-order valence-electron chi connectivity index (χ1n) is 7.05. The zero-order valence-corrected chi connectivity index (χ0v) is 11.5. The number of nitrogens with two attached hydrogens (primary N) is 1. The highest BCUT2D eigenvalue weighted by atomic mass is 16.5. The maximum absolute atomic E-state index is 8.11. The van der Waals surface area contributed by atoms with Crippen LogP contribution in [-0.4, -0.2) is 35.5 Å². The molecule has 0 saturated carbocycles. The lowest BCUT2D eigenvalue weighted by molar-refractivity contribution is 0.232. The molecule has 1 unspecified atom stereocenters. The third kappa shape index (κ3) is 1.85. The molecular weight excluding hydrogens is 272 g/mol. The van der Waals surface area contributed by atoms with Crippen molar-refractivity contribution in [2.75, 3.05) is 35.4 Å². The van der Waals surface area contributed by atoms with E-state index in [-0.39, 0.29) is 11.8 Å². The molecule has 0 spiro atoms. The van der Waals surface area contributed by atoms with Gasteiger partial charge >= 0.3 is 0 Å². The number of fused-ring (bicyclic) bond motifs is 3. The van der Waals surface area contributed by atoms with Gasteiger partial charge in [-0.1, -0.05) is 0 Å². The maximum Gasteiger partial charge on any atom is 0.244 e. The fourth-order valence-electron chi connectivity index (χ4n) is 2.86. The van der Waals surface area contributed by atoms with Crippen LogP contribution in [0, 0.1) is 5.41 Å². The van der Waals surface area contributed by atoms with E-state index in [0.29, 0.717) is 26.2 Å². The fraction of sp³-hybridized carbons (Fsp3) is 0.500. The first-order valence-corrected chi connectivity index (χ1v) is 7.05. The summed E-state index contributed by atoms with van der Waals surface area (Å²) in [4.78, 5) is 4.36. The van der Waals surface area contributed by atoms with E-state index in [2.05, 4.69) is 27.2 Å². The molecule has 0 saturated heterocycles. The Morgan fingerprint density at radius 2 is 2.43 bits per heavy atom. The van der Waals surface area contributed by atoms with Gasteiger partial charge in [-0.15, -0.1) is 0 Å². The van der Waals surface area contributed by atoms with Crippen molar-refractivity contribution in [1.29, 1.82) is 5.41 Å². The van der Waals surface area contributed by atoms with Gasteiger partial charge in [0.05, 0.1) is 12.2 Å². The molecule has 4 rings (SSSR count). The summed E-state index contributed by atoms with van der Waals surface area (Å²) >= 11 is 0. The lowest BCUT2D eigenvalue weighted by atomic mass is 10.3. The summed E-state index contributed by atoms with van der Waals surface area (Å²) in [5.41, 5.74) is 13.3. The zero-order valence-electron chi connectivity index (χ0n) is 11.5. The number of rotatable bonds is 3. The van der Waals surface area contributed by atoms with Crippen LogP contribution in [0.3, 0.4) is 0 Å². The quantitative estimate of drug-likeness (QED) is 0.472. The molecule has 1 aromatic heterocycles. The predicted octanol–water partition coefficient (Wildman–Crippen LogP) is -1.25. The highest BCUT2D eigenvalue weighted by molar-refractivity contribution is 5.64. The molecule has 9 nitrogen and oxygen atoms in total. The van der Waals surface area contributed by atoms with Crippen molar-refractivity contribution in [3.8, 4) is 0 Å². The van der Waals surface area contributed by atoms with E-state index < -0.39 is 0 Å². The van der Waals surface area contributed by atoms with Crippen LogP contribution in [0.15, 0.2) is 11.8 Å². The van der Waals surface area contributed by atoms with E-state index in [1.807, 2.05) is 5.01 Å². The number of nitrogens with one attached hydrogen (secondary N) is 4. The maximum atomic E-state index is 8.11. The topological polar surface area (TPSA) is 116 Å². The van der Waals surface area contributed by atoms with Crippen LogP contribution in [0.2, 0.25) is 0 Å². The van der Waals surface area contributed by atoms with Gasteiger partial charge in [-0.2, -0.15) is 4.98 Å². The molecule has 3 aliphatic rings. The highest BCUT2D eigenvalue weighted by Crippen LogP contribution is 2.31. The lowest BCUT2D eigenvalue weighted by Gasteiger charge is -2.17. The number of ether oxygens (including phenoxy) is 1. The number of nitrogens with zero attached hydrogens (tertiary/aromatic N) is 3. The van der Waals surface area contributed by atoms with Crippen LogP contribution in [0.4, 0.5) is 11.6 Å². The van der Waals surface area contributed by atoms with Crippen LogP contribution in [0.5, 0.6) is 0 Å². The number of hydrazine groups is 1. The Balaban J connectivity index is 1.71. The van der Waals surface area contributed by atoms with Crippen molar-refractivity contribution >= 4 is 11.6 Å². The smallest absolute Gasteiger partial charge is 0.244 e. The van der Waals surface area contributed by atoms with Crippen LogP contribution < -0.4 is 32.5 Å². The molecule has 21 heavy (non-hydrogen) atoms. The van der Waals surface area contributed by atoms with Gasteiger partial charge in [0.25, 0.3) is 0 Å². The number of hydrogen-bond acceptors (Lipinski definition) is 8. The largest absolute Gasteiger partial charge is 0.494 e. The highest BCUT2D eigenvalue weighted by Gasteiger charge is 2.33. The molecule has 112 valence electrons. The van der Waals surface area contributed by atoms with Crippen LogP contribution in [0.25, 0.3) is 0 Å². The summed E-state index contributed by atoms with van der Waals surface area (Å²) in [5, 5.41) is 13.4. The van der Waals surface area contributed by atoms with Gasteiger partial charge in [0.1, 0.15) is 11.6 Å². The second-order valence-electron chi connectivity index (χ2n) is 5.15. The predicted molar refractivity (Wildman–Crippen MR) is 76.7 cm³/mol. The average molecular weight is 290 g/mol. The summed E-state index contributed by atoms with van der Waals surface area (Å²) < 4.78 is 7.25. The number of hydrogen-bond donors (Lipinski definition) is 5. The molecule has 3 aliphatic heterocycles. The summed E-state index contributed by atoms with van der Waals surface area (Å²) in [6.07, 6.45) is 2.84. The van der Waals surface area contributed by atoms with Crippen molar-refractivity contribution in [2.24, 2.45) is 5.73 Å². The molecule has 6 N–H and O–H groups in total. The second kappa shape index (κ2) is 4.64. The normalized spacial score (nSPS) is 22.2. The van der Waals surface area contributed by atoms with Crippen molar-refractivity contribution in [2.45, 2.75) is 19.1 Å². The van der Waals surface area contributed by atoms with Gasteiger partial charge in [-0.3, -0.25) is 15.8 Å². The lowest BCUT2D eigenvalue weighted by Crippen LogP contribution is -2.38. The van der Waals surface area contributed by atoms with Crippen LogP contribution in [0.1, 0.15) is 12.0 Å². The summed E-state index contributed by atoms with van der Waals surface area (Å²) in [6, 6.07) is 0. The molecule has 0 amide bonds. The first-order chi connectivity index (χ1) is 10.3. The Morgan fingerprint density at radius 3 is 3.19 bits per heavy atom. The molecule has 0 bridgehead atoms. The van der Waals surface area contributed by atoms with Crippen molar-refractivity contribution in [3.05, 3.63) is 23.0 Å². The van der Waals surface area contributed by atoms with E-state index in [4.69, 9.17) is 15.9 Å².